The average molecular weight is 369 g/mol. The molecule has 0 amide bonds. The summed E-state index contributed by atoms with van der Waals surface area (Å²) in [5.41, 5.74) is 5.22. The van der Waals surface area contributed by atoms with Crippen LogP contribution in [0, 0.1) is 0 Å². The van der Waals surface area contributed by atoms with E-state index in [-0.39, 0.29) is 0 Å². The number of aryl methyl sites for hydroxylation is 1. The molecular formula is C16H22AsClN2O. The summed E-state index contributed by atoms with van der Waals surface area (Å²) < 4.78 is 8.32. The Morgan fingerprint density at radius 2 is 1.95 bits per heavy atom. The summed E-state index contributed by atoms with van der Waals surface area (Å²) in [7, 11) is 2.00. The molecule has 2 aromatic rings. The summed E-state index contributed by atoms with van der Waals surface area (Å²) in [4.78, 5) is 4.50. The van der Waals surface area contributed by atoms with Gasteiger partial charge in [0.05, 0.1) is 0 Å². The normalized spacial score (nSPS) is 14.4. The van der Waals surface area contributed by atoms with Crippen LogP contribution in [0.4, 0.5) is 0 Å². The summed E-state index contributed by atoms with van der Waals surface area (Å²) >= 11 is 5.32. The van der Waals surface area contributed by atoms with E-state index in [1.165, 1.54) is 5.21 Å². The fourth-order valence-electron chi connectivity index (χ4n) is 2.30. The second-order valence-electron chi connectivity index (χ2n) is 5.55. The zero-order valence-corrected chi connectivity index (χ0v) is 15.6. The number of imidazole rings is 1. The molecule has 5 heteroatoms. The van der Waals surface area contributed by atoms with Crippen molar-refractivity contribution in [2.75, 3.05) is 6.61 Å². The van der Waals surface area contributed by atoms with Gasteiger partial charge in [0, 0.05) is 0 Å². The Hall–Kier alpha value is -0.762. The van der Waals surface area contributed by atoms with Crippen LogP contribution < -0.4 is 0 Å². The molecule has 0 spiro atoms. The number of ether oxygens (including phenoxy) is 1. The van der Waals surface area contributed by atoms with Gasteiger partial charge in [0.1, 0.15) is 0 Å². The van der Waals surface area contributed by atoms with Gasteiger partial charge in [-0.2, -0.15) is 0 Å². The van der Waals surface area contributed by atoms with Gasteiger partial charge in [0.2, 0.25) is 0 Å². The monoisotopic (exact) mass is 368 g/mol. The van der Waals surface area contributed by atoms with E-state index in [9.17, 15) is 0 Å². The molecule has 21 heavy (non-hydrogen) atoms. The molecule has 114 valence electrons. The predicted molar refractivity (Wildman–Crippen MR) is 89.4 cm³/mol. The number of benzene rings is 1. The Bertz CT molecular complexity index is 582. The van der Waals surface area contributed by atoms with Crippen molar-refractivity contribution in [2.24, 2.45) is 7.05 Å². The Labute approximate surface area is 136 Å². The van der Waals surface area contributed by atoms with Crippen molar-refractivity contribution in [3.63, 3.8) is 0 Å². The second-order valence-corrected chi connectivity index (χ2v) is 11.5. The average Bonchev–Trinajstić information content (AvgIpc) is 2.85. The molecule has 0 saturated carbocycles. The van der Waals surface area contributed by atoms with E-state index in [0.29, 0.717) is 0 Å². The second kappa shape index (κ2) is 7.00. The third-order valence-corrected chi connectivity index (χ3v) is 6.08. The fraction of sp³-hybridized carbons (Fsp3) is 0.438. The number of halogens is 1. The van der Waals surface area contributed by atoms with E-state index in [1.807, 2.05) is 48.3 Å². The Morgan fingerprint density at radius 1 is 1.29 bits per heavy atom. The molecule has 2 rings (SSSR count). The zero-order chi connectivity index (χ0) is 15.5. The van der Waals surface area contributed by atoms with E-state index in [0.717, 1.165) is 23.0 Å². The van der Waals surface area contributed by atoms with Crippen molar-refractivity contribution in [2.45, 2.75) is 29.2 Å². The van der Waals surface area contributed by atoms with E-state index in [4.69, 9.17) is 16.3 Å². The van der Waals surface area contributed by atoms with E-state index < -0.39 is 20.3 Å². The summed E-state index contributed by atoms with van der Waals surface area (Å²) in [5, 5.41) is 1.90. The predicted octanol–water partition coefficient (Wildman–Crippen LogP) is 4.11. The molecule has 1 atom stereocenters. The maximum atomic E-state index is 6.30. The summed E-state index contributed by atoms with van der Waals surface area (Å²) in [6.07, 6.45) is 3.76. The molecular weight excluding hydrogens is 347 g/mol. The standard InChI is InChI=1S/C16H22AsClN2O/c1-16(21-12-9-17(2)3,15-19-10-11-20(15)4)13-5-7-14(18)8-6-13/h5-8,10-11H,9,12H2,1-4H3. The van der Waals surface area contributed by atoms with E-state index in [2.05, 4.69) is 23.3 Å². The zero-order valence-electron chi connectivity index (χ0n) is 13.0. The van der Waals surface area contributed by atoms with Gasteiger partial charge in [-0.15, -0.1) is 0 Å². The molecule has 0 aliphatic carbocycles. The van der Waals surface area contributed by atoms with Gasteiger partial charge in [-0.25, -0.2) is 0 Å². The molecule has 3 nitrogen and oxygen atoms in total. The van der Waals surface area contributed by atoms with Crippen LogP contribution in [0.25, 0.3) is 0 Å². The summed E-state index contributed by atoms with van der Waals surface area (Å²) in [5.74, 6) is 0.913. The van der Waals surface area contributed by atoms with Gasteiger partial charge in [-0.05, 0) is 0 Å². The molecule has 0 N–H and O–H groups in total. The van der Waals surface area contributed by atoms with Crippen molar-refractivity contribution in [1.82, 2.24) is 9.55 Å². The van der Waals surface area contributed by atoms with Crippen LogP contribution in [0.2, 0.25) is 21.7 Å². The molecule has 0 aliphatic rings. The van der Waals surface area contributed by atoms with Crippen LogP contribution in [0.3, 0.4) is 0 Å². The third kappa shape index (κ3) is 3.91. The Morgan fingerprint density at radius 3 is 2.48 bits per heavy atom. The maximum absolute atomic E-state index is 6.30. The van der Waals surface area contributed by atoms with Gasteiger partial charge in [0.15, 0.2) is 0 Å². The molecule has 0 bridgehead atoms. The van der Waals surface area contributed by atoms with E-state index >= 15 is 0 Å². The van der Waals surface area contributed by atoms with Gasteiger partial charge < -0.3 is 0 Å². The molecule has 0 radical (unpaired) electrons. The van der Waals surface area contributed by atoms with Crippen LogP contribution in [0.5, 0.6) is 0 Å². The quantitative estimate of drug-likeness (QED) is 0.718. The number of hydrogen-bond acceptors (Lipinski definition) is 2. The van der Waals surface area contributed by atoms with E-state index in [1.54, 1.807) is 0 Å². The first kappa shape index (κ1) is 16.6. The third-order valence-electron chi connectivity index (χ3n) is 3.57. The van der Waals surface area contributed by atoms with Crippen LogP contribution in [-0.4, -0.2) is 30.8 Å². The Kier molecular flexibility index (Phi) is 5.53. The molecule has 1 unspecified atom stereocenters. The minimum atomic E-state index is -0.688. The van der Waals surface area contributed by atoms with Gasteiger partial charge in [-0.1, -0.05) is 0 Å². The van der Waals surface area contributed by atoms with Gasteiger partial charge in [0.25, 0.3) is 0 Å². The minimum absolute atomic E-state index is 0.548. The van der Waals surface area contributed by atoms with Gasteiger partial charge in [-0.3, -0.25) is 0 Å². The summed E-state index contributed by atoms with van der Waals surface area (Å²) in [6.45, 7) is 2.85. The topological polar surface area (TPSA) is 27.1 Å². The fourth-order valence-corrected chi connectivity index (χ4v) is 3.39. The first-order chi connectivity index (χ1) is 9.93. The van der Waals surface area contributed by atoms with Crippen molar-refractivity contribution in [1.29, 1.82) is 0 Å². The molecule has 1 aromatic heterocycles. The number of aromatic nitrogens is 2. The molecule has 1 aromatic carbocycles. The van der Waals surface area contributed by atoms with Gasteiger partial charge >= 0.3 is 136 Å². The Balaban J connectivity index is 2.34. The van der Waals surface area contributed by atoms with Crippen LogP contribution in [0.15, 0.2) is 36.7 Å². The number of nitrogens with zero attached hydrogens (tertiary/aromatic N) is 2. The van der Waals surface area contributed by atoms with Crippen molar-refractivity contribution in [3.8, 4) is 0 Å². The number of rotatable bonds is 6. The van der Waals surface area contributed by atoms with Crippen LogP contribution >= 0.6 is 11.6 Å². The number of hydrogen-bond donors (Lipinski definition) is 0. The van der Waals surface area contributed by atoms with Crippen molar-refractivity contribution < 1.29 is 4.74 Å². The first-order valence-corrected chi connectivity index (χ1v) is 12.4. The van der Waals surface area contributed by atoms with Crippen molar-refractivity contribution >= 4 is 26.3 Å². The summed E-state index contributed by atoms with van der Waals surface area (Å²) in [6, 6.07) is 7.84. The molecule has 1 heterocycles. The first-order valence-electron chi connectivity index (χ1n) is 6.96. The SMILES string of the molecule is Cn1ccnc1C(C)(OCC[As](C)C)c1ccc(Cl)cc1. The molecule has 0 saturated heterocycles. The molecule has 0 fully saturated rings. The van der Waals surface area contributed by atoms with Crippen molar-refractivity contribution in [3.05, 3.63) is 53.1 Å². The molecule has 0 aliphatic heterocycles. The van der Waals surface area contributed by atoms with Crippen LogP contribution in [-0.2, 0) is 17.4 Å². The van der Waals surface area contributed by atoms with Crippen LogP contribution in [0.1, 0.15) is 18.3 Å².